The number of allylic oxidation sites excluding steroid dienone is 12. The Kier molecular flexibility index (Phi) is 12.3. The molecule has 0 bridgehead atoms. The minimum absolute atomic E-state index is 0. The van der Waals surface area contributed by atoms with E-state index >= 15 is 0 Å². The second kappa shape index (κ2) is 15.3. The third-order valence-corrected chi connectivity index (χ3v) is 7.25. The van der Waals surface area contributed by atoms with E-state index in [1.165, 1.54) is 60.7 Å². The zero-order chi connectivity index (χ0) is 31.6. The van der Waals surface area contributed by atoms with Crippen molar-refractivity contribution in [3.8, 4) is 0 Å². The van der Waals surface area contributed by atoms with Gasteiger partial charge in [-0.1, -0.05) is 30.4 Å². The maximum Gasteiger partial charge on any atom is 1.00 e. The second-order valence-corrected chi connectivity index (χ2v) is 10.6. The number of carbonyl (C=O) groups is 3. The molecule has 17 heteroatoms. The van der Waals surface area contributed by atoms with Gasteiger partial charge in [-0.3, -0.25) is 20.0 Å². The molecule has 46 heavy (non-hydrogen) atoms. The van der Waals surface area contributed by atoms with E-state index in [4.69, 9.17) is 0 Å². The van der Waals surface area contributed by atoms with Crippen molar-refractivity contribution in [1.29, 1.82) is 0 Å². The molecule has 4 aliphatic rings. The topological polar surface area (TPSA) is 225 Å². The number of nitrogens with zero attached hydrogens (tertiary/aromatic N) is 5. The van der Waals surface area contributed by atoms with Gasteiger partial charge in [-0.25, -0.2) is 0 Å². The Balaban J connectivity index is 0.00000288. The van der Waals surface area contributed by atoms with Crippen molar-refractivity contribution >= 4 is 57.0 Å². The number of carboxylic acids is 1. The zero-order valence-corrected chi connectivity index (χ0v) is 29.0. The van der Waals surface area contributed by atoms with Crippen LogP contribution in [0.4, 0.5) is 0 Å². The van der Waals surface area contributed by atoms with Gasteiger partial charge in [0.2, 0.25) is 10.7 Å². The summed E-state index contributed by atoms with van der Waals surface area (Å²) in [5.74, 6) is -2.97. The summed E-state index contributed by atoms with van der Waals surface area (Å²) in [6, 6.07) is 4.26. The summed E-state index contributed by atoms with van der Waals surface area (Å²) in [6.07, 6.45) is 16.5. The average Bonchev–Trinajstić information content (AvgIpc) is 2.99. The van der Waals surface area contributed by atoms with Crippen LogP contribution in [0.2, 0.25) is 0 Å². The molecule has 14 nitrogen and oxygen atoms in total. The van der Waals surface area contributed by atoms with E-state index in [-0.39, 0.29) is 103 Å². The third kappa shape index (κ3) is 8.22. The molecule has 5 rings (SSSR count). The summed E-state index contributed by atoms with van der Waals surface area (Å²) in [7, 11) is -4.41. The Morgan fingerprint density at radius 3 is 1.96 bits per heavy atom. The number of rotatable bonds is 5. The van der Waals surface area contributed by atoms with Gasteiger partial charge in [0, 0.05) is 17.2 Å². The van der Waals surface area contributed by atoms with Crippen molar-refractivity contribution in [2.24, 2.45) is 20.4 Å². The van der Waals surface area contributed by atoms with Crippen LogP contribution in [0, 0.1) is 0 Å². The van der Waals surface area contributed by atoms with Gasteiger partial charge in [0.25, 0.3) is 0 Å². The molecule has 0 fully saturated rings. The molecule has 1 aromatic carbocycles. The standard InChI is InChI=1S/C29H19N5O9S.2Na/c35-24-13-10-19(14-22(24)29(37)38)31-32-20-9-11-21(23(15-20)34(39)40)16-4-7-18(8-5-16)30-33-28-25(36)12-6-17-2-1-3-26(27(17)28)44(41,42)43;;/h1-15,39-40H,(H2-,37,38,41,42,43);;/q;2*+1. The number of ketones is 2. The number of carboxylic acid groups (broad SMARTS) is 1. The predicted molar refractivity (Wildman–Crippen MR) is 156 cm³/mol. The molecule has 0 aromatic heterocycles. The first-order valence-corrected chi connectivity index (χ1v) is 13.9. The van der Waals surface area contributed by atoms with Crippen LogP contribution in [0.1, 0.15) is 11.1 Å². The molecule has 220 valence electrons. The van der Waals surface area contributed by atoms with Crippen molar-refractivity contribution in [2.45, 2.75) is 4.90 Å². The van der Waals surface area contributed by atoms with Crippen molar-refractivity contribution in [2.75, 3.05) is 0 Å². The largest absolute Gasteiger partial charge is 1.00 e. The molecule has 0 spiro atoms. The Morgan fingerprint density at radius 2 is 1.33 bits per heavy atom. The number of benzene rings is 1. The van der Waals surface area contributed by atoms with E-state index in [0.29, 0.717) is 16.7 Å². The summed E-state index contributed by atoms with van der Waals surface area (Å²) in [6.45, 7) is 0. The maximum absolute atomic E-state index is 12.6. The summed E-state index contributed by atoms with van der Waals surface area (Å²) in [5, 5.41) is 46.6. The van der Waals surface area contributed by atoms with Crippen LogP contribution in [0.5, 0.6) is 0 Å². The Hall–Kier alpha value is -3.58. The van der Waals surface area contributed by atoms with Gasteiger partial charge in [0.15, 0.2) is 5.78 Å². The molecule has 4 aliphatic carbocycles. The first kappa shape index (κ1) is 36.9. The molecule has 0 saturated carbocycles. The van der Waals surface area contributed by atoms with Gasteiger partial charge in [-0.05, 0) is 70.0 Å². The third-order valence-electron chi connectivity index (χ3n) is 6.33. The van der Waals surface area contributed by atoms with Gasteiger partial charge in [-0.2, -0.15) is 24.4 Å². The molecule has 0 saturated heterocycles. The fraction of sp³-hybridized carbons (Fsp3) is 0. The fourth-order valence-electron chi connectivity index (χ4n) is 4.29. The molecular weight excluding hydrogens is 640 g/mol. The van der Waals surface area contributed by atoms with Crippen molar-refractivity contribution in [3.63, 3.8) is 0 Å². The molecule has 0 heterocycles. The number of aliphatic carboxylic acids is 1. The van der Waals surface area contributed by atoms with Crippen LogP contribution in [0.25, 0.3) is 6.08 Å². The van der Waals surface area contributed by atoms with Gasteiger partial charge in [-0.15, -0.1) is 10.3 Å². The zero-order valence-electron chi connectivity index (χ0n) is 24.1. The van der Waals surface area contributed by atoms with E-state index in [9.17, 15) is 43.2 Å². The van der Waals surface area contributed by atoms with Crippen LogP contribution in [-0.4, -0.2) is 65.1 Å². The SMILES string of the molecule is O=C([O-])C1=CC(=NN=C2C=CC(=C3C=CC(=NN=C4C(=O)C=Cc5cccc([S+](=O)(O)O)c54)C=C3)C(N(O)O)=C2)C=CC1=O.[Na+].[Na+]. The van der Waals surface area contributed by atoms with Gasteiger partial charge in [0.1, 0.15) is 11.4 Å². The monoisotopic (exact) mass is 659 g/mol. The van der Waals surface area contributed by atoms with Crippen LogP contribution < -0.4 is 64.2 Å². The number of hydrogen-bond donors (Lipinski definition) is 4. The average molecular weight is 660 g/mol. The summed E-state index contributed by atoms with van der Waals surface area (Å²) < 4.78 is 31.5. The van der Waals surface area contributed by atoms with E-state index in [1.54, 1.807) is 18.2 Å². The van der Waals surface area contributed by atoms with E-state index in [1.807, 2.05) is 0 Å². The number of carbonyl (C=O) groups excluding carboxylic acids is 3. The van der Waals surface area contributed by atoms with Gasteiger partial charge >= 0.3 is 69.6 Å². The minimum atomic E-state index is -4.41. The molecular formula is C29H19N5Na2O9S+2. The molecule has 1 aromatic rings. The molecule has 0 radical (unpaired) electrons. The summed E-state index contributed by atoms with van der Waals surface area (Å²) in [4.78, 5) is 34.9. The Bertz CT molecular complexity index is 1940. The smallest absolute Gasteiger partial charge is 0.545 e. The summed E-state index contributed by atoms with van der Waals surface area (Å²) in [5.41, 5.74) is 0.879. The first-order chi connectivity index (χ1) is 20.9. The normalized spacial score (nSPS) is 19.6. The van der Waals surface area contributed by atoms with E-state index in [2.05, 4.69) is 20.4 Å². The molecule has 0 atom stereocenters. The molecule has 0 amide bonds. The van der Waals surface area contributed by atoms with Crippen LogP contribution >= 0.6 is 0 Å². The van der Waals surface area contributed by atoms with Crippen molar-refractivity contribution < 1.29 is 102 Å². The minimum Gasteiger partial charge on any atom is -0.545 e. The number of hydroxylamine groups is 2. The molecule has 0 aliphatic heterocycles. The number of hydrogen-bond acceptors (Lipinski definition) is 12. The van der Waals surface area contributed by atoms with Crippen molar-refractivity contribution in [1.82, 2.24) is 5.23 Å². The van der Waals surface area contributed by atoms with Gasteiger partial charge < -0.3 is 9.90 Å². The van der Waals surface area contributed by atoms with E-state index in [0.717, 1.165) is 12.2 Å². The quantitative estimate of drug-likeness (QED) is 0.0784. The Morgan fingerprint density at radius 1 is 0.739 bits per heavy atom. The first-order valence-electron chi connectivity index (χ1n) is 12.4. The predicted octanol–water partition coefficient (Wildman–Crippen LogP) is -4.19. The van der Waals surface area contributed by atoms with E-state index < -0.39 is 33.6 Å². The fourth-order valence-corrected chi connectivity index (χ4v) is 5.03. The van der Waals surface area contributed by atoms with Crippen molar-refractivity contribution in [3.05, 3.63) is 119 Å². The molecule has 4 N–H and O–H groups in total. The van der Waals surface area contributed by atoms with Crippen LogP contribution in [0.3, 0.4) is 0 Å². The molecule has 0 unspecified atom stereocenters. The van der Waals surface area contributed by atoms with Gasteiger partial charge in [0.05, 0.1) is 28.7 Å². The maximum atomic E-state index is 12.6. The Labute approximate surface area is 306 Å². The summed E-state index contributed by atoms with van der Waals surface area (Å²) >= 11 is 0. The van der Waals surface area contributed by atoms with Crippen LogP contribution in [-0.2, 0) is 29.1 Å². The number of fused-ring (bicyclic) bond motifs is 1. The van der Waals surface area contributed by atoms with Crippen LogP contribution in [0.15, 0.2) is 133 Å². The second-order valence-electron chi connectivity index (χ2n) is 9.17.